The molecular formula is C23H27N3O5S. The monoisotopic (exact) mass is 457 g/mol. The third-order valence-electron chi connectivity index (χ3n) is 5.97. The van der Waals surface area contributed by atoms with E-state index in [9.17, 15) is 23.3 Å². The first kappa shape index (κ1) is 23.6. The molecule has 2 aromatic rings. The molecule has 0 aliphatic carbocycles. The molecule has 8 nitrogen and oxygen atoms in total. The number of sulfonamides is 1. The van der Waals surface area contributed by atoms with Gasteiger partial charge in [0.05, 0.1) is 9.82 Å². The van der Waals surface area contributed by atoms with Gasteiger partial charge in [0.25, 0.3) is 5.69 Å². The highest BCUT2D eigenvalue weighted by molar-refractivity contribution is 7.89. The van der Waals surface area contributed by atoms with Crippen LogP contribution < -0.4 is 0 Å². The zero-order valence-corrected chi connectivity index (χ0v) is 19.5. The fourth-order valence-electron chi connectivity index (χ4n) is 3.83. The summed E-state index contributed by atoms with van der Waals surface area (Å²) in [7, 11) is -3.66. The number of carbonyl (C=O) groups excluding carboxylic acids is 1. The third-order valence-corrected chi connectivity index (χ3v) is 8.14. The number of nitro groups is 1. The van der Waals surface area contributed by atoms with Crippen LogP contribution in [0.3, 0.4) is 0 Å². The van der Waals surface area contributed by atoms with E-state index in [-0.39, 0.29) is 24.7 Å². The Hall–Kier alpha value is -3.04. The largest absolute Gasteiger partial charge is 0.337 e. The van der Waals surface area contributed by atoms with Gasteiger partial charge in [0.15, 0.2) is 0 Å². The van der Waals surface area contributed by atoms with Gasteiger partial charge in [0.1, 0.15) is 0 Å². The van der Waals surface area contributed by atoms with E-state index in [2.05, 4.69) is 0 Å². The number of amides is 1. The zero-order chi connectivity index (χ0) is 23.6. The maximum absolute atomic E-state index is 13.4. The van der Waals surface area contributed by atoms with Crippen LogP contribution in [0.2, 0.25) is 0 Å². The van der Waals surface area contributed by atoms with Crippen molar-refractivity contribution in [3.05, 3.63) is 74.3 Å². The number of benzene rings is 2. The highest BCUT2D eigenvalue weighted by atomic mass is 32.2. The lowest BCUT2D eigenvalue weighted by molar-refractivity contribution is -0.384. The summed E-state index contributed by atoms with van der Waals surface area (Å²) in [6.45, 7) is 8.53. The van der Waals surface area contributed by atoms with E-state index in [0.29, 0.717) is 23.5 Å². The molecule has 0 N–H and O–H groups in total. The molecule has 1 amide bonds. The van der Waals surface area contributed by atoms with Crippen molar-refractivity contribution in [1.82, 2.24) is 9.21 Å². The second-order valence-corrected chi connectivity index (χ2v) is 9.88. The maximum Gasteiger partial charge on any atom is 0.269 e. The zero-order valence-electron chi connectivity index (χ0n) is 18.7. The van der Waals surface area contributed by atoms with Crippen LogP contribution in [0.5, 0.6) is 0 Å². The van der Waals surface area contributed by atoms with Crippen molar-refractivity contribution < 1.29 is 18.1 Å². The number of piperazine rings is 1. The van der Waals surface area contributed by atoms with Gasteiger partial charge >= 0.3 is 0 Å². The first-order chi connectivity index (χ1) is 15.0. The molecule has 1 aliphatic heterocycles. The van der Waals surface area contributed by atoms with Gasteiger partial charge < -0.3 is 4.90 Å². The molecular weight excluding hydrogens is 430 g/mol. The van der Waals surface area contributed by atoms with Crippen molar-refractivity contribution in [2.24, 2.45) is 0 Å². The van der Waals surface area contributed by atoms with Crippen molar-refractivity contribution in [3.63, 3.8) is 0 Å². The van der Waals surface area contributed by atoms with Crippen molar-refractivity contribution in [1.29, 1.82) is 0 Å². The molecule has 0 radical (unpaired) electrons. The summed E-state index contributed by atoms with van der Waals surface area (Å²) < 4.78 is 28.2. The number of hydrogen-bond donors (Lipinski definition) is 0. The second kappa shape index (κ2) is 9.22. The molecule has 1 aliphatic rings. The molecule has 0 saturated carbocycles. The van der Waals surface area contributed by atoms with Gasteiger partial charge in [0, 0.05) is 44.4 Å². The minimum absolute atomic E-state index is 0.0138. The summed E-state index contributed by atoms with van der Waals surface area (Å²) in [5.41, 5.74) is 4.06. The molecule has 32 heavy (non-hydrogen) atoms. The van der Waals surface area contributed by atoms with Gasteiger partial charge in [-0.1, -0.05) is 6.07 Å². The minimum atomic E-state index is -3.66. The number of carbonyl (C=O) groups is 1. The Morgan fingerprint density at radius 2 is 1.50 bits per heavy atom. The standard InChI is InChI=1S/C23H27N3O5S/c1-16-15-17(2)19(4)23(18(16)3)32(30,31)25-13-11-24(12-14-25)22(27)10-7-20-5-8-21(9-6-20)26(28)29/h5-10,15H,11-14H2,1-4H3/b10-7+. The lowest BCUT2D eigenvalue weighted by atomic mass is 10.0. The van der Waals surface area contributed by atoms with Crippen LogP contribution >= 0.6 is 0 Å². The van der Waals surface area contributed by atoms with Crippen LogP contribution in [0.4, 0.5) is 5.69 Å². The summed E-state index contributed by atoms with van der Waals surface area (Å²) in [6, 6.07) is 7.90. The molecule has 0 atom stereocenters. The van der Waals surface area contributed by atoms with E-state index in [1.807, 2.05) is 33.8 Å². The summed E-state index contributed by atoms with van der Waals surface area (Å²) in [5, 5.41) is 10.7. The average molecular weight is 458 g/mol. The number of non-ortho nitro benzene ring substituents is 1. The van der Waals surface area contributed by atoms with Gasteiger partial charge in [-0.05, 0) is 73.7 Å². The van der Waals surface area contributed by atoms with Crippen LogP contribution in [0.15, 0.2) is 41.3 Å². The van der Waals surface area contributed by atoms with E-state index in [4.69, 9.17) is 0 Å². The third kappa shape index (κ3) is 4.73. The normalized spacial score (nSPS) is 15.3. The lowest BCUT2D eigenvalue weighted by Gasteiger charge is -2.34. The van der Waals surface area contributed by atoms with E-state index in [1.54, 1.807) is 23.1 Å². The van der Waals surface area contributed by atoms with Gasteiger partial charge in [0.2, 0.25) is 15.9 Å². The summed E-state index contributed by atoms with van der Waals surface area (Å²) in [4.78, 5) is 24.8. The Kier molecular flexibility index (Phi) is 6.80. The number of nitrogens with zero attached hydrogens (tertiary/aromatic N) is 3. The molecule has 0 aromatic heterocycles. The Balaban J connectivity index is 1.68. The molecule has 0 unspecified atom stereocenters. The topological polar surface area (TPSA) is 101 Å². The first-order valence-corrected chi connectivity index (χ1v) is 11.8. The molecule has 0 bridgehead atoms. The van der Waals surface area contributed by atoms with Gasteiger partial charge in [-0.3, -0.25) is 14.9 Å². The Bertz CT molecular complexity index is 1150. The van der Waals surface area contributed by atoms with Gasteiger partial charge in [-0.25, -0.2) is 8.42 Å². The average Bonchev–Trinajstić information content (AvgIpc) is 2.76. The highest BCUT2D eigenvalue weighted by Crippen LogP contribution is 2.29. The minimum Gasteiger partial charge on any atom is -0.337 e. The SMILES string of the molecule is Cc1cc(C)c(C)c(S(=O)(=O)N2CCN(C(=O)/C=C/c3ccc([N+](=O)[O-])cc3)CC2)c1C. The van der Waals surface area contributed by atoms with Crippen molar-refractivity contribution in [3.8, 4) is 0 Å². The molecule has 170 valence electrons. The van der Waals surface area contributed by atoms with Gasteiger partial charge in [-0.2, -0.15) is 4.31 Å². The lowest BCUT2D eigenvalue weighted by Crippen LogP contribution is -2.50. The van der Waals surface area contributed by atoms with Crippen LogP contribution in [-0.4, -0.2) is 54.6 Å². The van der Waals surface area contributed by atoms with Crippen LogP contribution in [0.25, 0.3) is 6.08 Å². The number of hydrogen-bond acceptors (Lipinski definition) is 5. The van der Waals surface area contributed by atoms with E-state index in [0.717, 1.165) is 22.3 Å². The Morgan fingerprint density at radius 3 is 2.00 bits per heavy atom. The summed E-state index contributed by atoms with van der Waals surface area (Å²) in [5.74, 6) is -0.223. The summed E-state index contributed by atoms with van der Waals surface area (Å²) in [6.07, 6.45) is 3.00. The fourth-order valence-corrected chi connectivity index (χ4v) is 5.82. The molecule has 9 heteroatoms. The first-order valence-electron chi connectivity index (χ1n) is 10.3. The summed E-state index contributed by atoms with van der Waals surface area (Å²) >= 11 is 0. The van der Waals surface area contributed by atoms with Crippen molar-refractivity contribution in [2.75, 3.05) is 26.2 Å². The maximum atomic E-state index is 13.4. The molecule has 1 heterocycles. The molecule has 0 spiro atoms. The van der Waals surface area contributed by atoms with E-state index in [1.165, 1.54) is 22.5 Å². The Morgan fingerprint density at radius 1 is 0.969 bits per heavy atom. The van der Waals surface area contributed by atoms with E-state index < -0.39 is 14.9 Å². The molecule has 1 fully saturated rings. The van der Waals surface area contributed by atoms with Crippen LogP contribution in [0, 0.1) is 37.8 Å². The number of nitro benzene ring substituents is 1. The van der Waals surface area contributed by atoms with Gasteiger partial charge in [-0.15, -0.1) is 0 Å². The van der Waals surface area contributed by atoms with Crippen LogP contribution in [0.1, 0.15) is 27.8 Å². The number of aryl methyl sites for hydroxylation is 2. The molecule has 1 saturated heterocycles. The van der Waals surface area contributed by atoms with Crippen molar-refractivity contribution >= 4 is 27.7 Å². The highest BCUT2D eigenvalue weighted by Gasteiger charge is 2.32. The van der Waals surface area contributed by atoms with E-state index >= 15 is 0 Å². The van der Waals surface area contributed by atoms with Crippen LogP contribution in [-0.2, 0) is 14.8 Å². The predicted octanol–water partition coefficient (Wildman–Crippen LogP) is 3.37. The molecule has 2 aromatic carbocycles. The fraction of sp³-hybridized carbons (Fsp3) is 0.348. The van der Waals surface area contributed by atoms with Crippen molar-refractivity contribution in [2.45, 2.75) is 32.6 Å². The predicted molar refractivity (Wildman–Crippen MR) is 123 cm³/mol. The quantitative estimate of drug-likeness (QED) is 0.389. The Labute approximate surface area is 188 Å². The smallest absolute Gasteiger partial charge is 0.269 e. The second-order valence-electron chi connectivity index (χ2n) is 8.00. The number of rotatable bonds is 5. The molecule has 3 rings (SSSR count).